The molecule has 0 aromatic carbocycles. The van der Waals surface area contributed by atoms with Gasteiger partial charge in [0.1, 0.15) is 11.1 Å². The van der Waals surface area contributed by atoms with E-state index in [0.29, 0.717) is 11.3 Å². The van der Waals surface area contributed by atoms with Crippen molar-refractivity contribution in [1.29, 1.82) is 0 Å². The van der Waals surface area contributed by atoms with Crippen LogP contribution in [0.15, 0.2) is 34.5 Å². The summed E-state index contributed by atoms with van der Waals surface area (Å²) in [6.07, 6.45) is 5.26. The second-order valence-electron chi connectivity index (χ2n) is 5.01. The van der Waals surface area contributed by atoms with Gasteiger partial charge in [0.05, 0.1) is 11.3 Å². The molecule has 2 aliphatic heterocycles. The molecule has 118 valence electrons. The standard InChI is InChI=1S/C14H10N4O3S2.Na.H/c1-17-5-7(16-10(17)11-15-2-3-22-11)4-8-12(19)18-9(14(20)21)6-23-13(8)18;;/h2-6,13H,1H3,(H,20,21);;/b8-4-;;. The Morgan fingerprint density at radius 2 is 2.25 bits per heavy atom. The van der Waals surface area contributed by atoms with Gasteiger partial charge in [0.2, 0.25) is 0 Å². The number of aliphatic carboxylic acids is 1. The van der Waals surface area contributed by atoms with E-state index >= 15 is 0 Å². The van der Waals surface area contributed by atoms with Crippen molar-refractivity contribution in [3.05, 3.63) is 40.1 Å². The Hall–Kier alpha value is -1.39. The van der Waals surface area contributed by atoms with E-state index in [0.717, 1.165) is 10.8 Å². The number of aryl methyl sites for hydroxylation is 1. The number of carbonyl (C=O) groups excluding carboxylic acids is 1. The third-order valence-corrected chi connectivity index (χ3v) is 5.43. The number of hydrogen-bond acceptors (Lipinski definition) is 6. The van der Waals surface area contributed by atoms with Crippen LogP contribution in [-0.2, 0) is 16.6 Å². The Kier molecular flexibility index (Phi) is 4.71. The molecular weight excluding hydrogens is 359 g/mol. The van der Waals surface area contributed by atoms with E-state index in [4.69, 9.17) is 5.11 Å². The molecule has 1 amide bonds. The molecule has 24 heavy (non-hydrogen) atoms. The zero-order valence-corrected chi connectivity index (χ0v) is 13.5. The molecule has 0 spiro atoms. The molecule has 0 aliphatic carbocycles. The van der Waals surface area contributed by atoms with Crippen molar-refractivity contribution in [2.75, 3.05) is 0 Å². The Morgan fingerprint density at radius 3 is 2.92 bits per heavy atom. The third kappa shape index (κ3) is 2.66. The number of fused-ring (bicyclic) bond motifs is 1. The summed E-state index contributed by atoms with van der Waals surface area (Å²) in [4.78, 5) is 33.3. The fourth-order valence-corrected chi connectivity index (χ4v) is 4.30. The second kappa shape index (κ2) is 6.49. The number of imidazole rings is 1. The predicted octanol–water partition coefficient (Wildman–Crippen LogP) is 1.12. The normalized spacial score (nSPS) is 20.5. The first-order valence-corrected chi connectivity index (χ1v) is 8.46. The fourth-order valence-electron chi connectivity index (χ4n) is 2.52. The molecule has 4 heterocycles. The predicted molar refractivity (Wildman–Crippen MR) is 93.4 cm³/mol. The minimum absolute atomic E-state index is 0. The summed E-state index contributed by atoms with van der Waals surface area (Å²) >= 11 is 2.81. The van der Waals surface area contributed by atoms with Gasteiger partial charge in [-0.05, 0) is 6.08 Å². The van der Waals surface area contributed by atoms with Crippen LogP contribution in [0.5, 0.6) is 0 Å². The van der Waals surface area contributed by atoms with Gasteiger partial charge in [-0.3, -0.25) is 9.69 Å². The number of hydrogen-bond donors (Lipinski definition) is 1. The maximum absolute atomic E-state index is 12.2. The van der Waals surface area contributed by atoms with Crippen molar-refractivity contribution in [2.24, 2.45) is 7.05 Å². The van der Waals surface area contributed by atoms with Crippen molar-refractivity contribution in [3.63, 3.8) is 0 Å². The quantitative estimate of drug-likeness (QED) is 0.495. The van der Waals surface area contributed by atoms with Gasteiger partial charge in [-0.2, -0.15) is 0 Å². The Balaban J connectivity index is 0.00000169. The van der Waals surface area contributed by atoms with Crippen LogP contribution in [-0.4, -0.2) is 71.3 Å². The van der Waals surface area contributed by atoms with Gasteiger partial charge in [0.15, 0.2) is 10.8 Å². The zero-order valence-electron chi connectivity index (χ0n) is 11.8. The van der Waals surface area contributed by atoms with Gasteiger partial charge in [-0.25, -0.2) is 14.8 Å². The van der Waals surface area contributed by atoms with E-state index in [9.17, 15) is 9.59 Å². The summed E-state index contributed by atoms with van der Waals surface area (Å²) in [6.45, 7) is 0. The monoisotopic (exact) mass is 370 g/mol. The summed E-state index contributed by atoms with van der Waals surface area (Å²) < 4.78 is 1.86. The van der Waals surface area contributed by atoms with E-state index in [-0.39, 0.29) is 46.5 Å². The Morgan fingerprint density at radius 1 is 1.46 bits per heavy atom. The number of thiazole rings is 1. The number of β-lactam (4-membered cyclic amide) rings is 1. The molecule has 2 aromatic heterocycles. The van der Waals surface area contributed by atoms with E-state index in [1.807, 2.05) is 23.2 Å². The van der Waals surface area contributed by atoms with Gasteiger partial charge in [0.25, 0.3) is 5.91 Å². The first-order chi connectivity index (χ1) is 11.1. The van der Waals surface area contributed by atoms with Crippen LogP contribution in [0, 0.1) is 0 Å². The van der Waals surface area contributed by atoms with Crippen molar-refractivity contribution in [3.8, 4) is 10.8 Å². The van der Waals surface area contributed by atoms with Crippen LogP contribution in [0.1, 0.15) is 5.69 Å². The van der Waals surface area contributed by atoms with E-state index < -0.39 is 5.97 Å². The van der Waals surface area contributed by atoms with Gasteiger partial charge < -0.3 is 9.67 Å². The van der Waals surface area contributed by atoms with E-state index in [2.05, 4.69) is 9.97 Å². The van der Waals surface area contributed by atoms with Crippen LogP contribution in [0.25, 0.3) is 16.9 Å². The summed E-state index contributed by atoms with van der Waals surface area (Å²) in [6, 6.07) is 0. The van der Waals surface area contributed by atoms with E-state index in [1.165, 1.54) is 33.4 Å². The number of amides is 1. The minimum atomic E-state index is -1.09. The summed E-state index contributed by atoms with van der Waals surface area (Å²) in [5.41, 5.74) is 1.25. The van der Waals surface area contributed by atoms with Gasteiger partial charge in [-0.1, -0.05) is 0 Å². The molecule has 0 saturated carbocycles. The first-order valence-electron chi connectivity index (χ1n) is 6.63. The van der Waals surface area contributed by atoms with Crippen LogP contribution in [0.4, 0.5) is 0 Å². The number of nitrogens with zero attached hydrogens (tertiary/aromatic N) is 4. The molecule has 0 radical (unpaired) electrons. The number of rotatable bonds is 3. The average Bonchev–Trinajstić information content (AvgIpc) is 3.22. The van der Waals surface area contributed by atoms with Crippen LogP contribution < -0.4 is 0 Å². The van der Waals surface area contributed by atoms with Gasteiger partial charge in [0, 0.05) is 30.2 Å². The van der Waals surface area contributed by atoms with Crippen LogP contribution in [0.2, 0.25) is 0 Å². The molecule has 1 unspecified atom stereocenters. The summed E-state index contributed by atoms with van der Waals surface area (Å²) in [5.74, 6) is -0.634. The van der Waals surface area contributed by atoms with Crippen LogP contribution >= 0.6 is 23.1 Å². The molecule has 1 fully saturated rings. The van der Waals surface area contributed by atoms with Crippen molar-refractivity contribution >= 4 is 70.6 Å². The number of carbonyl (C=O) groups is 2. The summed E-state index contributed by atoms with van der Waals surface area (Å²) in [5, 5.41) is 13.0. The molecular formula is C14H11N4NaO3S2. The zero-order chi connectivity index (χ0) is 16.1. The average molecular weight is 370 g/mol. The number of carboxylic acids is 1. The SMILES string of the molecule is Cn1cc(/C=C2/C(=O)N3C(C(=O)O)=CSC23)nc1-c1nccs1.[NaH]. The van der Waals surface area contributed by atoms with Crippen molar-refractivity contribution < 1.29 is 14.7 Å². The van der Waals surface area contributed by atoms with Crippen molar-refractivity contribution in [1.82, 2.24) is 19.4 Å². The van der Waals surface area contributed by atoms with E-state index in [1.54, 1.807) is 12.3 Å². The first kappa shape index (κ1) is 17.4. The maximum atomic E-state index is 12.2. The molecule has 2 aromatic rings. The molecule has 7 nitrogen and oxygen atoms in total. The molecule has 0 bridgehead atoms. The number of aromatic nitrogens is 3. The fraction of sp³-hybridized carbons (Fsp3) is 0.143. The Labute approximate surface area is 167 Å². The van der Waals surface area contributed by atoms with Gasteiger partial charge in [-0.15, -0.1) is 23.1 Å². The molecule has 4 rings (SSSR count). The number of thioether (sulfide) groups is 1. The molecule has 1 N–H and O–H groups in total. The molecule has 1 saturated heterocycles. The molecule has 2 aliphatic rings. The number of carboxylic acid groups (broad SMARTS) is 1. The second-order valence-corrected chi connectivity index (χ2v) is 6.86. The molecule has 10 heteroatoms. The third-order valence-electron chi connectivity index (χ3n) is 3.58. The summed E-state index contributed by atoms with van der Waals surface area (Å²) in [7, 11) is 1.87. The van der Waals surface area contributed by atoms with Gasteiger partial charge >= 0.3 is 35.5 Å². The topological polar surface area (TPSA) is 88.3 Å². The van der Waals surface area contributed by atoms with Crippen molar-refractivity contribution in [2.45, 2.75) is 5.37 Å². The van der Waals surface area contributed by atoms with Crippen LogP contribution in [0.3, 0.4) is 0 Å². The Bertz CT molecular complexity index is 888. The molecule has 1 atom stereocenters.